The van der Waals surface area contributed by atoms with Crippen LogP contribution in [0.3, 0.4) is 0 Å². The lowest BCUT2D eigenvalue weighted by atomic mass is 9.83. The lowest BCUT2D eigenvalue weighted by Crippen LogP contribution is -2.60. The Balaban J connectivity index is 1.15. The fourth-order valence-electron chi connectivity index (χ4n) is 7.76. The Bertz CT molecular complexity index is 1870. The fraction of sp³-hybridized carbons (Fsp3) is 0.472. The van der Waals surface area contributed by atoms with E-state index in [2.05, 4.69) is 32.2 Å². The summed E-state index contributed by atoms with van der Waals surface area (Å²) >= 11 is 6.47. The SMILES string of the molecule is CC1CCC(Cn2c(N3CCO[C@@H]4CN(C(=O)OCc5ccccc5)CC[C@H]43)nc3cc(C4NOC(=O)N4)nc(-c4cncc(Cl)c4)c32)CC1. The van der Waals surface area contributed by atoms with Crippen LogP contribution in [0.5, 0.6) is 0 Å². The number of nitrogens with zero attached hydrogens (tertiary/aromatic N) is 6. The van der Waals surface area contributed by atoms with Crippen LogP contribution in [0.15, 0.2) is 54.9 Å². The van der Waals surface area contributed by atoms with Gasteiger partial charge in [0.15, 0.2) is 6.17 Å². The van der Waals surface area contributed by atoms with Gasteiger partial charge in [0.25, 0.3) is 0 Å². The van der Waals surface area contributed by atoms with Gasteiger partial charge in [-0.2, -0.15) is 0 Å². The number of fused-ring (bicyclic) bond motifs is 2. The Hall–Kier alpha value is -4.46. The highest BCUT2D eigenvalue weighted by molar-refractivity contribution is 6.30. The first-order chi connectivity index (χ1) is 24.4. The summed E-state index contributed by atoms with van der Waals surface area (Å²) in [6, 6.07) is 13.5. The molecular formula is C36H41ClN8O5. The Kier molecular flexibility index (Phi) is 9.19. The van der Waals surface area contributed by atoms with Crippen molar-refractivity contribution >= 4 is 40.8 Å². The van der Waals surface area contributed by atoms with Gasteiger partial charge in [0, 0.05) is 37.6 Å². The maximum absolute atomic E-state index is 13.1. The molecule has 50 heavy (non-hydrogen) atoms. The first-order valence-corrected chi connectivity index (χ1v) is 17.9. The third kappa shape index (κ3) is 6.69. The Morgan fingerprint density at radius 2 is 1.90 bits per heavy atom. The number of pyridine rings is 2. The van der Waals surface area contributed by atoms with Crippen LogP contribution in [0.4, 0.5) is 15.5 Å². The van der Waals surface area contributed by atoms with E-state index in [1.165, 1.54) is 12.8 Å². The molecule has 1 saturated carbocycles. The maximum atomic E-state index is 13.1. The summed E-state index contributed by atoms with van der Waals surface area (Å²) in [5.41, 5.74) is 7.31. The molecule has 4 aromatic rings. The second-order valence-corrected chi connectivity index (χ2v) is 14.3. The second kappa shape index (κ2) is 14.0. The van der Waals surface area contributed by atoms with Crippen LogP contribution in [0.1, 0.15) is 56.5 Å². The number of nitrogens with one attached hydrogen (secondary N) is 2. The number of anilines is 1. The summed E-state index contributed by atoms with van der Waals surface area (Å²) in [6.45, 7) is 5.50. The first-order valence-electron chi connectivity index (χ1n) is 17.5. The first kappa shape index (κ1) is 32.7. The molecule has 13 nitrogen and oxygen atoms in total. The normalized spacial score (nSPS) is 25.2. The molecule has 3 aliphatic heterocycles. The molecule has 2 amide bonds. The molecule has 14 heteroatoms. The lowest BCUT2D eigenvalue weighted by molar-refractivity contribution is -0.0340. The van der Waals surface area contributed by atoms with E-state index in [0.29, 0.717) is 55.0 Å². The summed E-state index contributed by atoms with van der Waals surface area (Å²) in [6.07, 6.45) is 6.99. The van der Waals surface area contributed by atoms with Crippen molar-refractivity contribution in [2.75, 3.05) is 31.1 Å². The monoisotopic (exact) mass is 700 g/mol. The zero-order valence-corrected chi connectivity index (χ0v) is 28.7. The van der Waals surface area contributed by atoms with Gasteiger partial charge in [-0.25, -0.2) is 19.6 Å². The van der Waals surface area contributed by atoms with Crippen LogP contribution in [0.25, 0.3) is 22.3 Å². The topological polar surface area (TPSA) is 136 Å². The third-order valence-corrected chi connectivity index (χ3v) is 10.6. The van der Waals surface area contributed by atoms with Gasteiger partial charge in [-0.3, -0.25) is 10.3 Å². The van der Waals surface area contributed by atoms with Crippen LogP contribution in [-0.2, 0) is 27.5 Å². The molecule has 0 radical (unpaired) electrons. The number of morpholine rings is 1. The van der Waals surface area contributed by atoms with Crippen molar-refractivity contribution < 1.29 is 23.9 Å². The van der Waals surface area contributed by atoms with Crippen LogP contribution < -0.4 is 15.7 Å². The number of benzene rings is 1. The fourth-order valence-corrected chi connectivity index (χ4v) is 7.93. The molecule has 4 fully saturated rings. The molecule has 3 aromatic heterocycles. The molecule has 8 rings (SSSR count). The number of ether oxygens (including phenoxy) is 2. The number of carbonyl (C=O) groups excluding carboxylic acids is 2. The highest BCUT2D eigenvalue weighted by Crippen LogP contribution is 2.38. The minimum atomic E-state index is -0.648. The van der Waals surface area contributed by atoms with E-state index in [9.17, 15) is 9.59 Å². The number of hydroxylamine groups is 1. The van der Waals surface area contributed by atoms with Gasteiger partial charge >= 0.3 is 12.2 Å². The Labute approximate surface area is 295 Å². The number of likely N-dealkylation sites (tertiary alicyclic amines) is 1. The van der Waals surface area contributed by atoms with E-state index in [-0.39, 0.29) is 24.8 Å². The zero-order chi connectivity index (χ0) is 34.2. The molecule has 6 heterocycles. The highest BCUT2D eigenvalue weighted by Gasteiger charge is 2.41. The van der Waals surface area contributed by atoms with Crippen molar-refractivity contribution in [2.24, 2.45) is 11.8 Å². The standard InChI is InChI=1S/C36H41ClN8O5/c1-22-7-9-23(10-8-22)19-45-32-27(16-28(33-41-35(46)50-42-33)39-31(32)25-15-26(37)18-38-17-25)40-34(45)44-13-14-48-30-20-43(12-11-29(30)44)36(47)49-21-24-5-3-2-4-6-24/h2-6,15-18,22-23,29-30,33,42H,7-14,19-21H2,1H3,(H,41,46)/t22?,23?,29-,30-,33?/m1/s1. The quantitative estimate of drug-likeness (QED) is 0.242. The summed E-state index contributed by atoms with van der Waals surface area (Å²) in [5.74, 6) is 2.06. The summed E-state index contributed by atoms with van der Waals surface area (Å²) in [7, 11) is 0. The predicted molar refractivity (Wildman–Crippen MR) is 186 cm³/mol. The van der Waals surface area contributed by atoms with Crippen molar-refractivity contribution in [1.29, 1.82) is 0 Å². The van der Waals surface area contributed by atoms with Gasteiger partial charge in [0.1, 0.15) is 6.61 Å². The molecule has 3 atom stereocenters. The summed E-state index contributed by atoms with van der Waals surface area (Å²) in [4.78, 5) is 49.0. The van der Waals surface area contributed by atoms with Crippen LogP contribution >= 0.6 is 11.6 Å². The minimum absolute atomic E-state index is 0.0109. The van der Waals surface area contributed by atoms with Crippen LogP contribution in [0, 0.1) is 11.8 Å². The molecule has 262 valence electrons. The number of imidazole rings is 1. The van der Waals surface area contributed by atoms with Gasteiger partial charge < -0.3 is 28.7 Å². The van der Waals surface area contributed by atoms with Gasteiger partial charge in [0.2, 0.25) is 5.95 Å². The highest BCUT2D eigenvalue weighted by atomic mass is 35.5. The summed E-state index contributed by atoms with van der Waals surface area (Å²) in [5, 5.41) is 3.26. The number of aromatic nitrogens is 4. The molecule has 1 unspecified atom stereocenters. The Morgan fingerprint density at radius 1 is 1.06 bits per heavy atom. The molecule has 0 spiro atoms. The van der Waals surface area contributed by atoms with Crippen molar-refractivity contribution in [3.63, 3.8) is 0 Å². The smallest absolute Gasteiger partial charge is 0.427 e. The zero-order valence-electron chi connectivity index (χ0n) is 28.0. The number of hydrogen-bond acceptors (Lipinski definition) is 10. The molecular weight excluding hydrogens is 660 g/mol. The number of halogens is 1. The molecule has 2 N–H and O–H groups in total. The van der Waals surface area contributed by atoms with Crippen molar-refractivity contribution in [3.05, 3.63) is 71.1 Å². The number of rotatable bonds is 7. The molecule has 3 saturated heterocycles. The second-order valence-electron chi connectivity index (χ2n) is 13.8. The largest absolute Gasteiger partial charge is 0.445 e. The van der Waals surface area contributed by atoms with Crippen LogP contribution in [0.2, 0.25) is 5.02 Å². The number of hydrogen-bond donors (Lipinski definition) is 2. The van der Waals surface area contributed by atoms with Crippen molar-refractivity contribution in [1.82, 2.24) is 35.2 Å². The van der Waals surface area contributed by atoms with Gasteiger partial charge in [-0.15, -0.1) is 5.48 Å². The van der Waals surface area contributed by atoms with Gasteiger partial charge in [0.05, 0.1) is 52.7 Å². The van der Waals surface area contributed by atoms with E-state index in [4.69, 9.17) is 35.9 Å². The van der Waals surface area contributed by atoms with E-state index in [1.54, 1.807) is 17.3 Å². The average Bonchev–Trinajstić information content (AvgIpc) is 3.74. The number of carbonyl (C=O) groups is 2. The molecule has 1 aliphatic carbocycles. The van der Waals surface area contributed by atoms with E-state index in [1.807, 2.05) is 42.5 Å². The number of amides is 2. The van der Waals surface area contributed by atoms with Gasteiger partial charge in [-0.05, 0) is 48.8 Å². The van der Waals surface area contributed by atoms with E-state index in [0.717, 1.165) is 53.4 Å². The predicted octanol–water partition coefficient (Wildman–Crippen LogP) is 5.83. The number of piperidine rings is 1. The van der Waals surface area contributed by atoms with Gasteiger partial charge in [-0.1, -0.05) is 61.7 Å². The third-order valence-electron chi connectivity index (χ3n) is 10.4. The van der Waals surface area contributed by atoms with E-state index < -0.39 is 12.3 Å². The van der Waals surface area contributed by atoms with E-state index >= 15 is 0 Å². The lowest BCUT2D eigenvalue weighted by Gasteiger charge is -2.47. The molecule has 4 aliphatic rings. The molecule has 1 aromatic carbocycles. The van der Waals surface area contributed by atoms with Crippen molar-refractivity contribution in [3.8, 4) is 11.3 Å². The van der Waals surface area contributed by atoms with Crippen LogP contribution in [-0.4, -0.2) is 75.0 Å². The summed E-state index contributed by atoms with van der Waals surface area (Å²) < 4.78 is 14.3. The minimum Gasteiger partial charge on any atom is -0.445 e. The van der Waals surface area contributed by atoms with Crippen molar-refractivity contribution in [2.45, 2.75) is 70.5 Å². The Morgan fingerprint density at radius 3 is 2.68 bits per heavy atom. The maximum Gasteiger partial charge on any atom is 0.427 e. The molecule has 0 bridgehead atoms. The average molecular weight is 701 g/mol.